The minimum atomic E-state index is -3.79. The molecule has 0 amide bonds. The second kappa shape index (κ2) is 7.93. The Labute approximate surface area is 160 Å². The van der Waals surface area contributed by atoms with Crippen LogP contribution in [0.4, 0.5) is 5.69 Å². The van der Waals surface area contributed by atoms with Gasteiger partial charge in [0.05, 0.1) is 27.9 Å². The van der Waals surface area contributed by atoms with Crippen LogP contribution >= 0.6 is 23.4 Å². The summed E-state index contributed by atoms with van der Waals surface area (Å²) < 4.78 is 31.8. The van der Waals surface area contributed by atoms with E-state index in [0.717, 1.165) is 11.0 Å². The number of sulfonamides is 1. The molecule has 0 aliphatic carbocycles. The third-order valence-corrected chi connectivity index (χ3v) is 7.00. The van der Waals surface area contributed by atoms with Crippen LogP contribution in [0.25, 0.3) is 0 Å². The summed E-state index contributed by atoms with van der Waals surface area (Å²) in [6.07, 6.45) is 0. The number of nitrogens with zero attached hydrogens (tertiary/aromatic N) is 2. The first-order valence-electron chi connectivity index (χ1n) is 7.68. The van der Waals surface area contributed by atoms with Gasteiger partial charge in [-0.15, -0.1) is 0 Å². The van der Waals surface area contributed by atoms with Gasteiger partial charge in [-0.2, -0.15) is 4.31 Å². The quantitative estimate of drug-likeness (QED) is 0.550. The van der Waals surface area contributed by atoms with Crippen molar-refractivity contribution in [2.45, 2.75) is 14.7 Å². The van der Waals surface area contributed by atoms with Gasteiger partial charge in [0.25, 0.3) is 5.69 Å². The normalized spacial score (nSPS) is 15.7. The van der Waals surface area contributed by atoms with Crippen LogP contribution in [0.1, 0.15) is 0 Å². The van der Waals surface area contributed by atoms with Crippen molar-refractivity contribution in [1.29, 1.82) is 0 Å². The highest BCUT2D eigenvalue weighted by molar-refractivity contribution is 7.99. The molecule has 26 heavy (non-hydrogen) atoms. The third kappa shape index (κ3) is 4.18. The van der Waals surface area contributed by atoms with Crippen LogP contribution < -0.4 is 0 Å². The smallest absolute Gasteiger partial charge is 0.284 e. The number of ether oxygens (including phenoxy) is 1. The molecule has 0 aromatic heterocycles. The molecule has 0 bridgehead atoms. The standard InChI is InChI=1S/C16H15ClN2O5S2/c17-12-1-3-13(4-2-12)25-16-6-5-14(11-15(16)19(20)21)26(22,23)18-7-9-24-10-8-18/h1-6,11H,7-10H2. The first kappa shape index (κ1) is 19.1. The van der Waals surface area contributed by atoms with Gasteiger partial charge in [0, 0.05) is 29.1 Å². The van der Waals surface area contributed by atoms with Gasteiger partial charge in [0.1, 0.15) is 0 Å². The summed E-state index contributed by atoms with van der Waals surface area (Å²) in [5.41, 5.74) is -0.251. The van der Waals surface area contributed by atoms with Gasteiger partial charge >= 0.3 is 0 Å². The number of hydrogen-bond acceptors (Lipinski definition) is 6. The highest BCUT2D eigenvalue weighted by atomic mass is 35.5. The number of benzene rings is 2. The van der Waals surface area contributed by atoms with E-state index in [1.165, 1.54) is 28.2 Å². The average molecular weight is 415 g/mol. The molecule has 0 radical (unpaired) electrons. The lowest BCUT2D eigenvalue weighted by Crippen LogP contribution is -2.40. The number of hydrogen-bond donors (Lipinski definition) is 0. The van der Waals surface area contributed by atoms with E-state index in [1.807, 2.05) is 0 Å². The van der Waals surface area contributed by atoms with Crippen LogP contribution in [0, 0.1) is 10.1 Å². The minimum absolute atomic E-state index is 0.0912. The third-order valence-electron chi connectivity index (χ3n) is 3.78. The van der Waals surface area contributed by atoms with Crippen LogP contribution in [0.2, 0.25) is 5.02 Å². The maximum absolute atomic E-state index is 12.7. The zero-order chi connectivity index (χ0) is 18.7. The molecule has 0 unspecified atom stereocenters. The van der Waals surface area contributed by atoms with Crippen molar-refractivity contribution < 1.29 is 18.1 Å². The number of nitro groups is 1. The molecule has 2 aromatic rings. The van der Waals surface area contributed by atoms with Crippen molar-refractivity contribution in [3.63, 3.8) is 0 Å². The Hall–Kier alpha value is -1.65. The molecular formula is C16H15ClN2O5S2. The van der Waals surface area contributed by atoms with Crippen LogP contribution in [0.3, 0.4) is 0 Å². The summed E-state index contributed by atoms with van der Waals surface area (Å²) in [5.74, 6) is 0. The maximum atomic E-state index is 12.7. The van der Waals surface area contributed by atoms with Crippen LogP contribution in [0.5, 0.6) is 0 Å². The van der Waals surface area contributed by atoms with Crippen LogP contribution in [-0.2, 0) is 14.8 Å². The highest BCUT2D eigenvalue weighted by Gasteiger charge is 2.29. The maximum Gasteiger partial charge on any atom is 0.284 e. The zero-order valence-electron chi connectivity index (χ0n) is 13.5. The molecule has 1 fully saturated rings. The Balaban J connectivity index is 1.93. The lowest BCUT2D eigenvalue weighted by Gasteiger charge is -2.26. The molecule has 138 valence electrons. The summed E-state index contributed by atoms with van der Waals surface area (Å²) in [6, 6.07) is 10.8. The van der Waals surface area contributed by atoms with Gasteiger partial charge < -0.3 is 4.74 Å². The van der Waals surface area contributed by atoms with E-state index in [9.17, 15) is 18.5 Å². The fraction of sp³-hybridized carbons (Fsp3) is 0.250. The minimum Gasteiger partial charge on any atom is -0.379 e. The fourth-order valence-corrected chi connectivity index (χ4v) is 4.91. The van der Waals surface area contributed by atoms with Crippen molar-refractivity contribution in [1.82, 2.24) is 4.31 Å². The number of halogens is 1. The molecule has 1 aliphatic rings. The summed E-state index contributed by atoms with van der Waals surface area (Å²) in [6.45, 7) is 1.09. The molecule has 0 spiro atoms. The van der Waals surface area contributed by atoms with E-state index in [-0.39, 0.29) is 23.7 Å². The highest BCUT2D eigenvalue weighted by Crippen LogP contribution is 2.37. The van der Waals surface area contributed by atoms with E-state index < -0.39 is 14.9 Å². The fourth-order valence-electron chi connectivity index (χ4n) is 2.45. The van der Waals surface area contributed by atoms with Gasteiger partial charge in [0.2, 0.25) is 10.0 Å². The summed E-state index contributed by atoms with van der Waals surface area (Å²) in [4.78, 5) is 11.9. The predicted molar refractivity (Wildman–Crippen MR) is 98.2 cm³/mol. The second-order valence-electron chi connectivity index (χ2n) is 5.46. The largest absolute Gasteiger partial charge is 0.379 e. The van der Waals surface area contributed by atoms with E-state index in [1.54, 1.807) is 24.3 Å². The van der Waals surface area contributed by atoms with Gasteiger partial charge in [-0.25, -0.2) is 8.42 Å². The van der Waals surface area contributed by atoms with Crippen molar-refractivity contribution in [2.75, 3.05) is 26.3 Å². The molecule has 2 aromatic carbocycles. The Kier molecular flexibility index (Phi) is 5.83. The van der Waals surface area contributed by atoms with Crippen molar-refractivity contribution >= 4 is 39.1 Å². The number of rotatable bonds is 5. The number of morpholine rings is 1. The Bertz CT molecular complexity index is 913. The van der Waals surface area contributed by atoms with E-state index in [4.69, 9.17) is 16.3 Å². The van der Waals surface area contributed by atoms with Crippen molar-refractivity contribution in [2.24, 2.45) is 0 Å². The topological polar surface area (TPSA) is 89.8 Å². The molecule has 0 atom stereocenters. The molecule has 1 heterocycles. The molecule has 0 saturated carbocycles. The zero-order valence-corrected chi connectivity index (χ0v) is 15.9. The number of nitro benzene ring substituents is 1. The van der Waals surface area contributed by atoms with Crippen molar-refractivity contribution in [3.8, 4) is 0 Å². The molecular weight excluding hydrogens is 400 g/mol. The van der Waals surface area contributed by atoms with Gasteiger partial charge in [-0.05, 0) is 36.4 Å². The summed E-state index contributed by atoms with van der Waals surface area (Å²) >= 11 is 7.02. The molecule has 3 rings (SSSR count). The SMILES string of the molecule is O=[N+]([O-])c1cc(S(=O)(=O)N2CCOCC2)ccc1Sc1ccc(Cl)cc1. The van der Waals surface area contributed by atoms with Crippen LogP contribution in [0.15, 0.2) is 57.2 Å². The lowest BCUT2D eigenvalue weighted by molar-refractivity contribution is -0.388. The second-order valence-corrected chi connectivity index (χ2v) is 8.95. The summed E-state index contributed by atoms with van der Waals surface area (Å²) in [7, 11) is -3.79. The van der Waals surface area contributed by atoms with E-state index >= 15 is 0 Å². The van der Waals surface area contributed by atoms with E-state index in [2.05, 4.69) is 0 Å². The summed E-state index contributed by atoms with van der Waals surface area (Å²) in [5, 5.41) is 12.0. The average Bonchev–Trinajstić information content (AvgIpc) is 2.64. The Morgan fingerprint density at radius 3 is 2.38 bits per heavy atom. The molecule has 7 nitrogen and oxygen atoms in total. The Morgan fingerprint density at radius 1 is 1.12 bits per heavy atom. The molecule has 10 heteroatoms. The van der Waals surface area contributed by atoms with Crippen molar-refractivity contribution in [3.05, 3.63) is 57.6 Å². The first-order valence-corrected chi connectivity index (χ1v) is 10.3. The predicted octanol–water partition coefficient (Wildman–Crippen LogP) is 3.42. The molecule has 1 saturated heterocycles. The van der Waals surface area contributed by atoms with Gasteiger partial charge in [0.15, 0.2) is 0 Å². The van der Waals surface area contributed by atoms with Gasteiger partial charge in [-0.1, -0.05) is 23.4 Å². The lowest BCUT2D eigenvalue weighted by atomic mass is 10.3. The molecule has 0 N–H and O–H groups in total. The molecule has 1 aliphatic heterocycles. The first-order chi connectivity index (χ1) is 12.4. The monoisotopic (exact) mass is 414 g/mol. The van der Waals surface area contributed by atoms with Gasteiger partial charge in [-0.3, -0.25) is 10.1 Å². The Morgan fingerprint density at radius 2 is 1.77 bits per heavy atom. The van der Waals surface area contributed by atoms with Crippen LogP contribution in [-0.4, -0.2) is 43.9 Å². The van der Waals surface area contributed by atoms with E-state index in [0.29, 0.717) is 23.1 Å².